The summed E-state index contributed by atoms with van der Waals surface area (Å²) in [5.41, 5.74) is 2.38. The Bertz CT molecular complexity index is 471. The molecule has 0 radical (unpaired) electrons. The lowest BCUT2D eigenvalue weighted by Gasteiger charge is -2.42. The zero-order chi connectivity index (χ0) is 15.3. The monoisotopic (exact) mass is 285 g/mol. The van der Waals surface area contributed by atoms with Gasteiger partial charge in [-0.1, -0.05) is 29.8 Å². The minimum atomic E-state index is 0.302. The third-order valence-corrected chi connectivity index (χ3v) is 4.33. The predicted octanol–water partition coefficient (Wildman–Crippen LogP) is 3.59. The van der Waals surface area contributed by atoms with E-state index in [2.05, 4.69) is 47.5 Å². The van der Waals surface area contributed by atoms with Gasteiger partial charge in [-0.25, -0.2) is 4.85 Å². The SMILES string of the molecule is [C-]#[N+]c1ccc(CCCN2CCN(C(C)(C)C)CC2)cc1. The Morgan fingerprint density at radius 3 is 2.19 bits per heavy atom. The average Bonchev–Trinajstić information content (AvgIpc) is 2.47. The van der Waals surface area contributed by atoms with Crippen molar-refractivity contribution >= 4 is 5.69 Å². The lowest BCUT2D eigenvalue weighted by atomic mass is 10.0. The standard InChI is InChI=1S/C18H27N3/c1-18(2,3)21-14-12-20(13-15-21)11-5-6-16-7-9-17(19-4)10-8-16/h7-10H,5-6,11-15H2,1-3H3. The lowest BCUT2D eigenvalue weighted by Crippen LogP contribution is -2.53. The van der Waals surface area contributed by atoms with E-state index in [1.165, 1.54) is 44.7 Å². The van der Waals surface area contributed by atoms with Crippen molar-refractivity contribution in [1.82, 2.24) is 9.80 Å². The molecule has 0 aliphatic carbocycles. The second-order valence-electron chi connectivity index (χ2n) is 6.88. The Balaban J connectivity index is 1.69. The number of hydrogen-bond donors (Lipinski definition) is 0. The molecule has 3 nitrogen and oxygen atoms in total. The van der Waals surface area contributed by atoms with Crippen molar-refractivity contribution in [3.63, 3.8) is 0 Å². The first-order chi connectivity index (χ1) is 9.99. The fourth-order valence-electron chi connectivity index (χ4n) is 2.89. The van der Waals surface area contributed by atoms with Crippen molar-refractivity contribution < 1.29 is 0 Å². The van der Waals surface area contributed by atoms with E-state index in [0.29, 0.717) is 5.54 Å². The highest BCUT2D eigenvalue weighted by atomic mass is 15.3. The fourth-order valence-corrected chi connectivity index (χ4v) is 2.89. The van der Waals surface area contributed by atoms with E-state index >= 15 is 0 Å². The smallest absolute Gasteiger partial charge is 0.187 e. The Hall–Kier alpha value is -1.37. The minimum absolute atomic E-state index is 0.302. The van der Waals surface area contributed by atoms with Crippen molar-refractivity contribution in [3.8, 4) is 0 Å². The van der Waals surface area contributed by atoms with Crippen LogP contribution < -0.4 is 0 Å². The van der Waals surface area contributed by atoms with Crippen LogP contribution in [0.15, 0.2) is 24.3 Å². The second-order valence-corrected chi connectivity index (χ2v) is 6.88. The summed E-state index contributed by atoms with van der Waals surface area (Å²) in [6.45, 7) is 19.8. The Labute approximate surface area is 129 Å². The highest BCUT2D eigenvalue weighted by Gasteiger charge is 2.25. The summed E-state index contributed by atoms with van der Waals surface area (Å²) in [6.07, 6.45) is 2.31. The first kappa shape index (κ1) is 16.0. The van der Waals surface area contributed by atoms with Gasteiger partial charge in [0.25, 0.3) is 0 Å². The topological polar surface area (TPSA) is 10.8 Å². The maximum atomic E-state index is 6.96. The summed E-state index contributed by atoms with van der Waals surface area (Å²) >= 11 is 0. The molecule has 114 valence electrons. The molecule has 1 aromatic carbocycles. The number of benzene rings is 1. The van der Waals surface area contributed by atoms with Crippen LogP contribution in [0.5, 0.6) is 0 Å². The van der Waals surface area contributed by atoms with Crippen molar-refractivity contribution in [1.29, 1.82) is 0 Å². The zero-order valence-electron chi connectivity index (χ0n) is 13.6. The van der Waals surface area contributed by atoms with Gasteiger partial charge in [0.2, 0.25) is 0 Å². The summed E-state index contributed by atoms with van der Waals surface area (Å²) in [5, 5.41) is 0. The van der Waals surface area contributed by atoms with Gasteiger partial charge >= 0.3 is 0 Å². The van der Waals surface area contributed by atoms with Gasteiger partial charge in [-0.3, -0.25) is 4.90 Å². The molecule has 0 unspecified atom stereocenters. The average molecular weight is 285 g/mol. The Morgan fingerprint density at radius 1 is 1.05 bits per heavy atom. The summed E-state index contributed by atoms with van der Waals surface area (Å²) in [4.78, 5) is 8.58. The van der Waals surface area contributed by atoms with E-state index in [0.717, 1.165) is 12.1 Å². The largest absolute Gasteiger partial charge is 0.301 e. The third kappa shape index (κ3) is 4.84. The molecular formula is C18H27N3. The predicted molar refractivity (Wildman–Crippen MR) is 88.8 cm³/mol. The maximum absolute atomic E-state index is 6.96. The van der Waals surface area contributed by atoms with E-state index < -0.39 is 0 Å². The van der Waals surface area contributed by atoms with Crippen LogP contribution in [-0.4, -0.2) is 48.1 Å². The Kier molecular flexibility index (Phi) is 5.39. The minimum Gasteiger partial charge on any atom is -0.301 e. The van der Waals surface area contributed by atoms with Crippen molar-refractivity contribution in [2.75, 3.05) is 32.7 Å². The quantitative estimate of drug-likeness (QED) is 0.783. The van der Waals surface area contributed by atoms with E-state index in [1.54, 1.807) is 0 Å². The van der Waals surface area contributed by atoms with Crippen LogP contribution in [0.3, 0.4) is 0 Å². The van der Waals surface area contributed by atoms with Crippen molar-refractivity contribution in [2.45, 2.75) is 39.2 Å². The molecule has 2 rings (SSSR count). The van der Waals surface area contributed by atoms with Crippen molar-refractivity contribution in [2.24, 2.45) is 0 Å². The highest BCUT2D eigenvalue weighted by Crippen LogP contribution is 2.17. The van der Waals surface area contributed by atoms with Crippen LogP contribution in [0.4, 0.5) is 5.69 Å². The molecule has 1 heterocycles. The summed E-state index contributed by atoms with van der Waals surface area (Å²) in [5.74, 6) is 0. The Morgan fingerprint density at radius 2 is 1.67 bits per heavy atom. The normalized spacial score (nSPS) is 17.6. The molecule has 1 fully saturated rings. The van der Waals surface area contributed by atoms with Crippen LogP contribution in [0.2, 0.25) is 0 Å². The molecule has 0 spiro atoms. The van der Waals surface area contributed by atoms with Gasteiger partial charge in [0.05, 0.1) is 6.57 Å². The van der Waals surface area contributed by atoms with Crippen LogP contribution in [0.1, 0.15) is 32.8 Å². The van der Waals surface area contributed by atoms with Crippen LogP contribution >= 0.6 is 0 Å². The van der Waals surface area contributed by atoms with Gasteiger partial charge in [-0.05, 0) is 40.2 Å². The number of hydrogen-bond acceptors (Lipinski definition) is 2. The van der Waals surface area contributed by atoms with Gasteiger partial charge in [-0.15, -0.1) is 0 Å². The van der Waals surface area contributed by atoms with Crippen molar-refractivity contribution in [3.05, 3.63) is 41.2 Å². The molecule has 0 saturated carbocycles. The second kappa shape index (κ2) is 7.06. The fraction of sp³-hybridized carbons (Fsp3) is 0.611. The van der Waals surface area contributed by atoms with Crippen LogP contribution in [0, 0.1) is 6.57 Å². The zero-order valence-corrected chi connectivity index (χ0v) is 13.6. The molecule has 1 aliphatic heterocycles. The van der Waals surface area contributed by atoms with E-state index in [1.807, 2.05) is 12.1 Å². The van der Waals surface area contributed by atoms with Gasteiger partial charge in [-0.2, -0.15) is 0 Å². The highest BCUT2D eigenvalue weighted by molar-refractivity contribution is 5.45. The van der Waals surface area contributed by atoms with E-state index in [4.69, 9.17) is 6.57 Å². The molecule has 1 aromatic rings. The first-order valence-electron chi connectivity index (χ1n) is 7.93. The van der Waals surface area contributed by atoms with Crippen LogP contribution in [0.25, 0.3) is 4.85 Å². The third-order valence-electron chi connectivity index (χ3n) is 4.33. The molecule has 0 aromatic heterocycles. The summed E-state index contributed by atoms with van der Waals surface area (Å²) in [7, 11) is 0. The molecule has 0 bridgehead atoms. The van der Waals surface area contributed by atoms with Gasteiger partial charge < -0.3 is 4.90 Å². The molecule has 1 aliphatic rings. The van der Waals surface area contributed by atoms with E-state index in [9.17, 15) is 0 Å². The number of nitrogens with zero attached hydrogens (tertiary/aromatic N) is 3. The van der Waals surface area contributed by atoms with E-state index in [-0.39, 0.29) is 0 Å². The van der Waals surface area contributed by atoms with Crippen LogP contribution in [-0.2, 0) is 6.42 Å². The number of aryl methyl sites for hydroxylation is 1. The first-order valence-corrected chi connectivity index (χ1v) is 7.93. The van der Waals surface area contributed by atoms with Gasteiger partial charge in [0.15, 0.2) is 5.69 Å². The molecule has 21 heavy (non-hydrogen) atoms. The molecule has 3 heteroatoms. The number of piperazine rings is 1. The molecular weight excluding hydrogens is 258 g/mol. The maximum Gasteiger partial charge on any atom is 0.187 e. The van der Waals surface area contributed by atoms with Gasteiger partial charge in [0, 0.05) is 31.7 Å². The molecule has 1 saturated heterocycles. The summed E-state index contributed by atoms with van der Waals surface area (Å²) < 4.78 is 0. The molecule has 0 N–H and O–H groups in total. The number of rotatable bonds is 4. The molecule has 0 amide bonds. The van der Waals surface area contributed by atoms with Gasteiger partial charge in [0.1, 0.15) is 0 Å². The lowest BCUT2D eigenvalue weighted by molar-refractivity contribution is 0.0619. The molecule has 0 atom stereocenters. The summed E-state index contributed by atoms with van der Waals surface area (Å²) in [6, 6.07) is 8.02.